The average Bonchev–Trinajstić information content (AvgIpc) is 2.65. The van der Waals surface area contributed by atoms with Gasteiger partial charge in [0.1, 0.15) is 5.52 Å². The number of aromatic nitrogens is 3. The van der Waals surface area contributed by atoms with E-state index in [0.717, 1.165) is 31.9 Å². The summed E-state index contributed by atoms with van der Waals surface area (Å²) >= 11 is 3.50. The first-order valence-corrected chi connectivity index (χ1v) is 6.71. The van der Waals surface area contributed by atoms with Crippen LogP contribution in [0.2, 0.25) is 0 Å². The van der Waals surface area contributed by atoms with Crippen LogP contribution in [0.25, 0.3) is 33.2 Å². The van der Waals surface area contributed by atoms with Gasteiger partial charge in [-0.2, -0.15) is 0 Å². The zero-order valence-electron chi connectivity index (χ0n) is 9.83. The minimum atomic E-state index is 0.685. The quantitative estimate of drug-likeness (QED) is 0.436. The van der Waals surface area contributed by atoms with Crippen molar-refractivity contribution in [2.75, 3.05) is 0 Å². The van der Waals surface area contributed by atoms with E-state index in [0.29, 0.717) is 5.71 Å². The maximum atomic E-state index is 5.62. The number of H-pyrrole nitrogens is 3. The molecule has 2 aromatic heterocycles. The molecule has 0 fully saturated rings. The molecular formula is C14H10BrN3O. The molecule has 0 radical (unpaired) electrons. The summed E-state index contributed by atoms with van der Waals surface area (Å²) in [6.07, 6.45) is 0. The predicted octanol–water partition coefficient (Wildman–Crippen LogP) is 4.61. The van der Waals surface area contributed by atoms with Crippen molar-refractivity contribution in [3.05, 3.63) is 46.9 Å². The lowest BCUT2D eigenvalue weighted by molar-refractivity contribution is 0.450. The van der Waals surface area contributed by atoms with Gasteiger partial charge >= 0.3 is 0 Å². The van der Waals surface area contributed by atoms with E-state index in [4.69, 9.17) is 4.52 Å². The van der Waals surface area contributed by atoms with Crippen molar-refractivity contribution < 1.29 is 4.52 Å². The summed E-state index contributed by atoms with van der Waals surface area (Å²) in [5.74, 6) is 0. The molecule has 19 heavy (non-hydrogen) atoms. The van der Waals surface area contributed by atoms with Gasteiger partial charge < -0.3 is 14.5 Å². The molecule has 3 N–H and O–H groups in total. The van der Waals surface area contributed by atoms with Crippen molar-refractivity contribution in [3.8, 4) is 0 Å². The Bertz CT molecular complexity index is 939. The van der Waals surface area contributed by atoms with E-state index in [1.807, 2.05) is 36.4 Å². The lowest BCUT2D eigenvalue weighted by Crippen LogP contribution is -1.74. The molecule has 4 nitrogen and oxygen atoms in total. The van der Waals surface area contributed by atoms with E-state index >= 15 is 0 Å². The Morgan fingerprint density at radius 2 is 1.74 bits per heavy atom. The van der Waals surface area contributed by atoms with Crippen LogP contribution in [-0.2, 0) is 0 Å². The van der Waals surface area contributed by atoms with Crippen LogP contribution >= 0.6 is 15.9 Å². The summed E-state index contributed by atoms with van der Waals surface area (Å²) < 4.78 is 6.65. The van der Waals surface area contributed by atoms with Gasteiger partial charge in [-0.25, -0.2) is 5.16 Å². The Kier molecular flexibility index (Phi) is 2.22. The van der Waals surface area contributed by atoms with Gasteiger partial charge in [0, 0.05) is 9.86 Å². The van der Waals surface area contributed by atoms with Gasteiger partial charge in [0.2, 0.25) is 5.71 Å². The molecule has 94 valence electrons. The molecule has 0 bridgehead atoms. The average molecular weight is 316 g/mol. The maximum Gasteiger partial charge on any atom is 0.248 e. The van der Waals surface area contributed by atoms with Gasteiger partial charge in [-0.3, -0.25) is 0 Å². The van der Waals surface area contributed by atoms with Crippen molar-refractivity contribution in [2.24, 2.45) is 0 Å². The number of halogens is 1. The minimum absolute atomic E-state index is 0.685. The van der Waals surface area contributed by atoms with Gasteiger partial charge in [-0.1, -0.05) is 28.1 Å². The number of benzene rings is 2. The van der Waals surface area contributed by atoms with Crippen LogP contribution < -0.4 is 0 Å². The summed E-state index contributed by atoms with van der Waals surface area (Å²) in [4.78, 5) is 6.66. The van der Waals surface area contributed by atoms with E-state index in [9.17, 15) is 0 Å². The predicted molar refractivity (Wildman–Crippen MR) is 79.6 cm³/mol. The standard InChI is InChI=1S/C14H10BrN3O/c15-8-5-6-10-9(7-8)13-14(17-10)19-18-12-4-2-1-3-11(12)16-13/h1-7,16-18H. The van der Waals surface area contributed by atoms with Gasteiger partial charge in [0.25, 0.3) is 0 Å². The molecule has 2 aromatic carbocycles. The van der Waals surface area contributed by atoms with Crippen molar-refractivity contribution in [3.63, 3.8) is 0 Å². The minimum Gasteiger partial charge on any atom is -0.361 e. The first-order chi connectivity index (χ1) is 9.31. The number of rotatable bonds is 0. The zero-order chi connectivity index (χ0) is 12.8. The Hall–Kier alpha value is -2.14. The second kappa shape index (κ2) is 3.93. The molecule has 0 saturated heterocycles. The molecule has 0 aliphatic carbocycles. The normalized spacial score (nSPS) is 11.4. The van der Waals surface area contributed by atoms with Crippen molar-refractivity contribution in [2.45, 2.75) is 0 Å². The first kappa shape index (κ1) is 10.8. The number of nitrogens with one attached hydrogen (secondary N) is 3. The molecule has 4 aromatic rings. The molecule has 0 saturated carbocycles. The highest BCUT2D eigenvalue weighted by Gasteiger charge is 2.06. The molecule has 0 atom stereocenters. The number of aromatic amines is 3. The lowest BCUT2D eigenvalue weighted by Gasteiger charge is -1.92. The van der Waals surface area contributed by atoms with Crippen LogP contribution in [0, 0.1) is 0 Å². The lowest BCUT2D eigenvalue weighted by atomic mass is 10.2. The molecule has 0 spiro atoms. The Labute approximate surface area is 116 Å². The monoisotopic (exact) mass is 315 g/mol. The van der Waals surface area contributed by atoms with E-state index < -0.39 is 0 Å². The van der Waals surface area contributed by atoms with E-state index in [1.165, 1.54) is 0 Å². The van der Waals surface area contributed by atoms with Crippen molar-refractivity contribution in [1.29, 1.82) is 0 Å². The molecule has 0 aliphatic rings. The molecule has 0 unspecified atom stereocenters. The molecule has 4 rings (SSSR count). The fourth-order valence-electron chi connectivity index (χ4n) is 2.26. The van der Waals surface area contributed by atoms with Gasteiger partial charge in [-0.15, -0.1) is 0 Å². The van der Waals surface area contributed by atoms with Crippen molar-refractivity contribution >= 4 is 49.1 Å². The molecule has 0 aliphatic heterocycles. The van der Waals surface area contributed by atoms with E-state index in [2.05, 4.69) is 37.1 Å². The molecule has 2 heterocycles. The summed E-state index contributed by atoms with van der Waals surface area (Å²) in [7, 11) is 0. The fraction of sp³-hybridized carbons (Fsp3) is 0. The second-order valence-electron chi connectivity index (χ2n) is 4.39. The third-order valence-corrected chi connectivity index (χ3v) is 3.67. The second-order valence-corrected chi connectivity index (χ2v) is 5.31. The zero-order valence-corrected chi connectivity index (χ0v) is 11.4. The van der Waals surface area contributed by atoms with E-state index in [1.54, 1.807) is 0 Å². The van der Waals surface area contributed by atoms with Gasteiger partial charge in [-0.05, 0) is 30.3 Å². The SMILES string of the molecule is Brc1ccc2[nH]c3o[nH]c4ccccc4[nH]c3c2c1. The van der Waals surface area contributed by atoms with Crippen LogP contribution in [-0.4, -0.2) is 15.1 Å². The third-order valence-electron chi connectivity index (χ3n) is 3.18. The third kappa shape index (κ3) is 1.66. The largest absolute Gasteiger partial charge is 0.361 e. The number of hydrogen-bond acceptors (Lipinski definition) is 1. The number of hydrogen-bond donors (Lipinski definition) is 3. The number of fused-ring (bicyclic) bond motifs is 4. The Morgan fingerprint density at radius 1 is 0.895 bits per heavy atom. The van der Waals surface area contributed by atoms with Crippen LogP contribution in [0.3, 0.4) is 0 Å². The summed E-state index contributed by atoms with van der Waals surface area (Å²) in [6.45, 7) is 0. The Balaban J connectivity index is 2.26. The Morgan fingerprint density at radius 3 is 2.63 bits per heavy atom. The van der Waals surface area contributed by atoms with E-state index in [-0.39, 0.29) is 0 Å². The highest BCUT2D eigenvalue weighted by Crippen LogP contribution is 2.26. The van der Waals surface area contributed by atoms with Crippen molar-refractivity contribution in [1.82, 2.24) is 15.1 Å². The molecule has 5 heteroatoms. The van der Waals surface area contributed by atoms with Crippen LogP contribution in [0.1, 0.15) is 0 Å². The van der Waals surface area contributed by atoms with Gasteiger partial charge in [0.05, 0.1) is 16.6 Å². The first-order valence-electron chi connectivity index (χ1n) is 5.91. The van der Waals surface area contributed by atoms with Crippen LogP contribution in [0.15, 0.2) is 51.5 Å². The highest BCUT2D eigenvalue weighted by atomic mass is 79.9. The smallest absolute Gasteiger partial charge is 0.248 e. The molecule has 0 amide bonds. The van der Waals surface area contributed by atoms with Gasteiger partial charge in [0.15, 0.2) is 0 Å². The highest BCUT2D eigenvalue weighted by molar-refractivity contribution is 9.10. The topological polar surface area (TPSA) is 60.5 Å². The maximum absolute atomic E-state index is 5.62. The molecular weight excluding hydrogens is 306 g/mol. The fourth-order valence-corrected chi connectivity index (χ4v) is 2.62. The van der Waals surface area contributed by atoms with Crippen LogP contribution in [0.4, 0.5) is 0 Å². The number of para-hydroxylation sites is 2. The summed E-state index contributed by atoms with van der Waals surface area (Å²) in [5.41, 5.74) is 4.55. The summed E-state index contributed by atoms with van der Waals surface area (Å²) in [6, 6.07) is 14.0. The van der Waals surface area contributed by atoms with Crippen LogP contribution in [0.5, 0.6) is 0 Å². The summed E-state index contributed by atoms with van der Waals surface area (Å²) in [5, 5.41) is 4.04.